The largest absolute Gasteiger partial charge is 0.497 e. The van der Waals surface area contributed by atoms with Crippen LogP contribution in [0.1, 0.15) is 19.4 Å². The summed E-state index contributed by atoms with van der Waals surface area (Å²) < 4.78 is 10.7. The lowest BCUT2D eigenvalue weighted by atomic mass is 10.1. The Hall–Kier alpha value is -1.63. The van der Waals surface area contributed by atoms with E-state index >= 15 is 0 Å². The van der Waals surface area contributed by atoms with Crippen LogP contribution in [0.5, 0.6) is 5.75 Å². The Balaban J connectivity index is 1.64. The molecule has 25 heavy (non-hydrogen) atoms. The van der Waals surface area contributed by atoms with Crippen LogP contribution in [-0.2, 0) is 16.1 Å². The van der Waals surface area contributed by atoms with Crippen LogP contribution in [-0.4, -0.2) is 73.4 Å². The van der Waals surface area contributed by atoms with Gasteiger partial charge < -0.3 is 19.5 Å². The lowest BCUT2D eigenvalue weighted by Gasteiger charge is -2.36. The molecule has 140 valence electrons. The average molecular weight is 350 g/mol. The van der Waals surface area contributed by atoms with E-state index in [1.165, 1.54) is 0 Å². The first kappa shape index (κ1) is 19.7. The maximum Gasteiger partial charge on any atom is 0.225 e. The summed E-state index contributed by atoms with van der Waals surface area (Å²) in [6, 6.07) is 7.70. The second-order valence-corrected chi connectivity index (χ2v) is 6.80. The van der Waals surface area contributed by atoms with Crippen molar-refractivity contribution in [3.05, 3.63) is 29.8 Å². The molecule has 2 rings (SSSR count). The zero-order valence-electron chi connectivity index (χ0n) is 15.5. The number of hydrogen-bond acceptors (Lipinski definition) is 5. The van der Waals surface area contributed by atoms with Crippen LogP contribution in [0.4, 0.5) is 0 Å². The smallest absolute Gasteiger partial charge is 0.225 e. The van der Waals surface area contributed by atoms with Crippen LogP contribution in [0.2, 0.25) is 0 Å². The number of benzene rings is 1. The summed E-state index contributed by atoms with van der Waals surface area (Å²) in [7, 11) is 1.64. The summed E-state index contributed by atoms with van der Waals surface area (Å²) in [4.78, 5) is 16.1. The molecule has 1 atom stereocenters. The van der Waals surface area contributed by atoms with Crippen molar-refractivity contribution in [2.75, 3.05) is 46.4 Å². The number of β-amino-alcohol motifs (C(OH)–C–C–N with tert-alkyl or cyclic N) is 1. The van der Waals surface area contributed by atoms with Crippen molar-refractivity contribution in [1.29, 1.82) is 0 Å². The van der Waals surface area contributed by atoms with E-state index in [1.807, 2.05) is 43.0 Å². The number of aliphatic hydroxyl groups is 1. The maximum atomic E-state index is 12.0. The van der Waals surface area contributed by atoms with E-state index < -0.39 is 6.10 Å². The normalized spacial score (nSPS) is 16.9. The van der Waals surface area contributed by atoms with Gasteiger partial charge in [-0.1, -0.05) is 26.0 Å². The average Bonchev–Trinajstić information content (AvgIpc) is 2.62. The molecule has 1 aromatic carbocycles. The molecule has 0 aromatic heterocycles. The second kappa shape index (κ2) is 9.75. The van der Waals surface area contributed by atoms with Gasteiger partial charge in [0.2, 0.25) is 5.91 Å². The number of rotatable bonds is 8. The van der Waals surface area contributed by atoms with E-state index in [0.717, 1.165) is 37.5 Å². The third-order valence-electron chi connectivity index (χ3n) is 4.38. The van der Waals surface area contributed by atoms with Crippen LogP contribution < -0.4 is 4.74 Å². The van der Waals surface area contributed by atoms with Gasteiger partial charge in [-0.2, -0.15) is 0 Å². The fourth-order valence-electron chi connectivity index (χ4n) is 2.90. The molecule has 1 fully saturated rings. The summed E-state index contributed by atoms with van der Waals surface area (Å²) in [5.74, 6) is 1.07. The first-order valence-corrected chi connectivity index (χ1v) is 8.89. The summed E-state index contributed by atoms with van der Waals surface area (Å²) >= 11 is 0. The van der Waals surface area contributed by atoms with Crippen molar-refractivity contribution in [2.24, 2.45) is 5.92 Å². The third-order valence-corrected chi connectivity index (χ3v) is 4.38. The van der Waals surface area contributed by atoms with Crippen LogP contribution in [0.3, 0.4) is 0 Å². The van der Waals surface area contributed by atoms with Crippen molar-refractivity contribution in [3.8, 4) is 5.75 Å². The van der Waals surface area contributed by atoms with Gasteiger partial charge in [0.25, 0.3) is 0 Å². The Morgan fingerprint density at radius 2 is 1.80 bits per heavy atom. The highest BCUT2D eigenvalue weighted by atomic mass is 16.5. The Kier molecular flexibility index (Phi) is 7.68. The van der Waals surface area contributed by atoms with Gasteiger partial charge in [-0.05, 0) is 17.7 Å². The highest BCUT2D eigenvalue weighted by Gasteiger charge is 2.23. The highest BCUT2D eigenvalue weighted by molar-refractivity contribution is 5.78. The quantitative estimate of drug-likeness (QED) is 0.767. The van der Waals surface area contributed by atoms with E-state index in [2.05, 4.69) is 4.90 Å². The number of amides is 1. The van der Waals surface area contributed by atoms with Crippen LogP contribution in [0.25, 0.3) is 0 Å². The predicted octanol–water partition coefficient (Wildman–Crippen LogP) is 1.37. The van der Waals surface area contributed by atoms with Gasteiger partial charge in [0.1, 0.15) is 5.75 Å². The molecule has 1 aliphatic rings. The minimum Gasteiger partial charge on any atom is -0.497 e. The molecular formula is C19H30N2O4. The van der Waals surface area contributed by atoms with E-state index in [0.29, 0.717) is 19.8 Å². The standard InChI is InChI=1S/C19H30N2O4/c1-15(2)19(23)21-10-8-20(9-11-21)12-17(22)14-25-13-16-4-6-18(24-3)7-5-16/h4-7,15,17,22H,8-14H2,1-3H3/t17-/m1/s1. The Bertz CT molecular complexity index is 525. The van der Waals surface area contributed by atoms with Crippen LogP contribution in [0.15, 0.2) is 24.3 Å². The van der Waals surface area contributed by atoms with Crippen molar-refractivity contribution < 1.29 is 19.4 Å². The molecule has 1 saturated heterocycles. The topological polar surface area (TPSA) is 62.2 Å². The van der Waals surface area contributed by atoms with Crippen molar-refractivity contribution in [1.82, 2.24) is 9.80 Å². The van der Waals surface area contributed by atoms with Crippen molar-refractivity contribution in [2.45, 2.75) is 26.6 Å². The lowest BCUT2D eigenvalue weighted by Crippen LogP contribution is -2.51. The number of hydrogen-bond donors (Lipinski definition) is 1. The molecule has 1 amide bonds. The number of aliphatic hydroxyl groups excluding tert-OH is 1. The molecule has 0 aliphatic carbocycles. The molecule has 1 N–H and O–H groups in total. The van der Waals surface area contributed by atoms with Gasteiger partial charge in [0.15, 0.2) is 0 Å². The van der Waals surface area contributed by atoms with Gasteiger partial charge in [-0.25, -0.2) is 0 Å². The second-order valence-electron chi connectivity index (χ2n) is 6.80. The zero-order chi connectivity index (χ0) is 18.2. The minimum absolute atomic E-state index is 0.0449. The molecule has 1 heterocycles. The van der Waals surface area contributed by atoms with Gasteiger partial charge >= 0.3 is 0 Å². The monoisotopic (exact) mass is 350 g/mol. The maximum absolute atomic E-state index is 12.0. The van der Waals surface area contributed by atoms with Gasteiger partial charge in [-0.3, -0.25) is 9.69 Å². The van der Waals surface area contributed by atoms with E-state index in [1.54, 1.807) is 7.11 Å². The highest BCUT2D eigenvalue weighted by Crippen LogP contribution is 2.12. The molecule has 0 unspecified atom stereocenters. The fourth-order valence-corrected chi connectivity index (χ4v) is 2.90. The molecule has 0 radical (unpaired) electrons. The summed E-state index contributed by atoms with van der Waals surface area (Å²) in [6.45, 7) is 8.27. The first-order chi connectivity index (χ1) is 12.0. The van der Waals surface area contributed by atoms with Gasteiger partial charge in [0, 0.05) is 38.6 Å². The summed E-state index contributed by atoms with van der Waals surface area (Å²) in [5.41, 5.74) is 1.05. The number of piperazine rings is 1. The third kappa shape index (κ3) is 6.30. The lowest BCUT2D eigenvalue weighted by molar-refractivity contribution is -0.136. The van der Waals surface area contributed by atoms with E-state index in [-0.39, 0.29) is 11.8 Å². The van der Waals surface area contributed by atoms with Crippen LogP contribution >= 0.6 is 0 Å². The molecular weight excluding hydrogens is 320 g/mol. The van der Waals surface area contributed by atoms with Crippen LogP contribution in [0, 0.1) is 5.92 Å². The molecule has 0 spiro atoms. The van der Waals surface area contributed by atoms with Crippen molar-refractivity contribution >= 4 is 5.91 Å². The van der Waals surface area contributed by atoms with E-state index in [4.69, 9.17) is 9.47 Å². The molecule has 1 aliphatic heterocycles. The Morgan fingerprint density at radius 1 is 1.16 bits per heavy atom. The number of ether oxygens (including phenoxy) is 2. The Morgan fingerprint density at radius 3 is 2.36 bits per heavy atom. The SMILES string of the molecule is COc1ccc(COC[C@H](O)CN2CCN(C(=O)C(C)C)CC2)cc1. The number of nitrogens with zero attached hydrogens (tertiary/aromatic N) is 2. The van der Waals surface area contributed by atoms with Gasteiger partial charge in [0.05, 0.1) is 26.4 Å². The van der Waals surface area contributed by atoms with Gasteiger partial charge in [-0.15, -0.1) is 0 Å². The molecule has 0 saturated carbocycles. The van der Waals surface area contributed by atoms with Crippen molar-refractivity contribution in [3.63, 3.8) is 0 Å². The molecule has 6 heteroatoms. The fraction of sp³-hybridized carbons (Fsp3) is 0.632. The molecule has 6 nitrogen and oxygen atoms in total. The Labute approximate surface area is 150 Å². The van der Waals surface area contributed by atoms with E-state index in [9.17, 15) is 9.90 Å². The summed E-state index contributed by atoms with van der Waals surface area (Å²) in [6.07, 6.45) is -0.523. The zero-order valence-corrected chi connectivity index (χ0v) is 15.5. The first-order valence-electron chi connectivity index (χ1n) is 8.89. The summed E-state index contributed by atoms with van der Waals surface area (Å²) in [5, 5.41) is 10.2. The number of methoxy groups -OCH3 is 1. The predicted molar refractivity (Wildman–Crippen MR) is 96.5 cm³/mol. The number of carbonyl (C=O) groups is 1. The molecule has 1 aromatic rings. The minimum atomic E-state index is -0.523. The number of carbonyl (C=O) groups excluding carboxylic acids is 1. The molecule has 0 bridgehead atoms.